The molecule has 2 N–H and O–H groups in total. The van der Waals surface area contributed by atoms with E-state index in [0.717, 1.165) is 12.8 Å². The summed E-state index contributed by atoms with van der Waals surface area (Å²) in [5.74, 6) is -0.741. The zero-order valence-corrected chi connectivity index (χ0v) is 10.6. The predicted molar refractivity (Wildman–Crippen MR) is 64.7 cm³/mol. The summed E-state index contributed by atoms with van der Waals surface area (Å²) >= 11 is 0. The molecule has 17 heavy (non-hydrogen) atoms. The average molecular weight is 242 g/mol. The Hall–Kier alpha value is -1.10. The van der Waals surface area contributed by atoms with Gasteiger partial charge < -0.3 is 15.3 Å². The Kier molecular flexibility index (Phi) is 5.41. The van der Waals surface area contributed by atoms with Crippen LogP contribution in [0.2, 0.25) is 0 Å². The van der Waals surface area contributed by atoms with Gasteiger partial charge in [0.05, 0.1) is 6.54 Å². The summed E-state index contributed by atoms with van der Waals surface area (Å²) in [7, 11) is 0. The van der Waals surface area contributed by atoms with Crippen molar-refractivity contribution < 1.29 is 14.7 Å². The summed E-state index contributed by atoms with van der Waals surface area (Å²) in [5.41, 5.74) is 0. The fourth-order valence-electron chi connectivity index (χ4n) is 1.69. The smallest absolute Gasteiger partial charge is 0.303 e. The van der Waals surface area contributed by atoms with Gasteiger partial charge in [-0.05, 0) is 33.1 Å². The summed E-state index contributed by atoms with van der Waals surface area (Å²) in [6, 6.07) is 0.643. The van der Waals surface area contributed by atoms with Gasteiger partial charge in [-0.25, -0.2) is 0 Å². The monoisotopic (exact) mass is 242 g/mol. The molecular formula is C12H22N2O3. The number of hydrogen-bond donors (Lipinski definition) is 2. The molecule has 1 fully saturated rings. The summed E-state index contributed by atoms with van der Waals surface area (Å²) < 4.78 is 0. The van der Waals surface area contributed by atoms with Crippen molar-refractivity contribution in [3.63, 3.8) is 0 Å². The molecule has 5 heteroatoms. The largest absolute Gasteiger partial charge is 0.481 e. The van der Waals surface area contributed by atoms with Gasteiger partial charge in [-0.1, -0.05) is 0 Å². The highest BCUT2D eigenvalue weighted by molar-refractivity contribution is 5.78. The number of carboxylic acid groups (broad SMARTS) is 1. The van der Waals surface area contributed by atoms with Gasteiger partial charge in [-0.15, -0.1) is 0 Å². The van der Waals surface area contributed by atoms with Crippen molar-refractivity contribution in [3.05, 3.63) is 0 Å². The number of carbonyl (C=O) groups is 2. The molecule has 98 valence electrons. The van der Waals surface area contributed by atoms with Crippen molar-refractivity contribution in [1.82, 2.24) is 10.2 Å². The Labute approximate surface area is 102 Å². The third-order valence-corrected chi connectivity index (χ3v) is 2.85. The minimum Gasteiger partial charge on any atom is -0.481 e. The van der Waals surface area contributed by atoms with Gasteiger partial charge in [-0.2, -0.15) is 0 Å². The third kappa shape index (κ3) is 5.68. The molecule has 0 atom stereocenters. The molecule has 0 bridgehead atoms. The van der Waals surface area contributed by atoms with Crippen molar-refractivity contribution in [2.75, 3.05) is 13.1 Å². The predicted octanol–water partition coefficient (Wildman–Crippen LogP) is 0.840. The van der Waals surface area contributed by atoms with Crippen LogP contribution in [0, 0.1) is 0 Å². The topological polar surface area (TPSA) is 69.6 Å². The first kappa shape index (κ1) is 14.0. The van der Waals surface area contributed by atoms with Crippen LogP contribution in [0.4, 0.5) is 0 Å². The van der Waals surface area contributed by atoms with Crippen molar-refractivity contribution in [2.24, 2.45) is 0 Å². The maximum atomic E-state index is 11.9. The lowest BCUT2D eigenvalue weighted by Crippen LogP contribution is -2.43. The van der Waals surface area contributed by atoms with Gasteiger partial charge in [0.25, 0.3) is 0 Å². The van der Waals surface area contributed by atoms with E-state index in [1.54, 1.807) is 4.90 Å². The lowest BCUT2D eigenvalue weighted by atomic mass is 10.2. The standard InChI is InChI=1S/C12H22N2O3/c1-9(2)14(7-3-4-12(16)17)11(15)8-13-10-5-6-10/h9-10,13H,3-8H2,1-2H3,(H,16,17). The number of nitrogens with zero attached hydrogens (tertiary/aromatic N) is 1. The Morgan fingerprint density at radius 2 is 2.06 bits per heavy atom. The van der Waals surface area contributed by atoms with Gasteiger partial charge in [-0.3, -0.25) is 9.59 Å². The number of amides is 1. The molecule has 1 amide bonds. The van der Waals surface area contributed by atoms with E-state index in [1.165, 1.54) is 0 Å². The fourth-order valence-corrected chi connectivity index (χ4v) is 1.69. The second kappa shape index (κ2) is 6.59. The molecule has 0 heterocycles. The second-order valence-electron chi connectivity index (χ2n) is 4.83. The Balaban J connectivity index is 2.29. The molecule has 1 aliphatic rings. The Morgan fingerprint density at radius 3 is 2.53 bits per heavy atom. The first-order valence-corrected chi connectivity index (χ1v) is 6.25. The Bertz CT molecular complexity index is 275. The number of hydrogen-bond acceptors (Lipinski definition) is 3. The minimum atomic E-state index is -0.808. The van der Waals surface area contributed by atoms with Crippen LogP contribution in [0.5, 0.6) is 0 Å². The molecule has 1 rings (SSSR count). The van der Waals surface area contributed by atoms with Gasteiger partial charge in [0.15, 0.2) is 0 Å². The molecule has 1 saturated carbocycles. The highest BCUT2D eigenvalue weighted by Gasteiger charge is 2.23. The van der Waals surface area contributed by atoms with Crippen LogP contribution < -0.4 is 5.32 Å². The third-order valence-electron chi connectivity index (χ3n) is 2.85. The van der Waals surface area contributed by atoms with E-state index in [4.69, 9.17) is 5.11 Å². The van der Waals surface area contributed by atoms with Gasteiger partial charge >= 0.3 is 5.97 Å². The molecule has 0 aromatic carbocycles. The van der Waals surface area contributed by atoms with E-state index in [2.05, 4.69) is 5.32 Å². The number of rotatable bonds is 8. The van der Waals surface area contributed by atoms with Crippen molar-refractivity contribution >= 4 is 11.9 Å². The molecule has 0 aromatic rings. The summed E-state index contributed by atoms with van der Waals surface area (Å²) in [6.45, 7) is 4.80. The molecule has 5 nitrogen and oxygen atoms in total. The first-order chi connectivity index (χ1) is 8.00. The highest BCUT2D eigenvalue weighted by atomic mass is 16.4. The maximum Gasteiger partial charge on any atom is 0.303 e. The van der Waals surface area contributed by atoms with E-state index in [0.29, 0.717) is 25.6 Å². The summed E-state index contributed by atoms with van der Waals surface area (Å²) in [4.78, 5) is 24.1. The number of nitrogens with one attached hydrogen (secondary N) is 1. The second-order valence-corrected chi connectivity index (χ2v) is 4.83. The molecule has 0 spiro atoms. The van der Waals surface area contributed by atoms with Crippen LogP contribution in [0.15, 0.2) is 0 Å². The SMILES string of the molecule is CC(C)N(CCCC(=O)O)C(=O)CNC1CC1. The van der Waals surface area contributed by atoms with E-state index in [-0.39, 0.29) is 18.4 Å². The van der Waals surface area contributed by atoms with E-state index >= 15 is 0 Å². The van der Waals surface area contributed by atoms with Crippen molar-refractivity contribution in [2.45, 2.75) is 51.6 Å². The van der Waals surface area contributed by atoms with Gasteiger partial charge in [0, 0.05) is 25.0 Å². The molecule has 0 aromatic heterocycles. The van der Waals surface area contributed by atoms with Crippen LogP contribution in [-0.2, 0) is 9.59 Å². The van der Waals surface area contributed by atoms with E-state index < -0.39 is 5.97 Å². The summed E-state index contributed by atoms with van der Waals surface area (Å²) in [5, 5.41) is 11.8. The number of carboxylic acids is 1. The van der Waals surface area contributed by atoms with Crippen molar-refractivity contribution in [1.29, 1.82) is 0 Å². The quantitative estimate of drug-likeness (QED) is 0.662. The average Bonchev–Trinajstić information content (AvgIpc) is 3.03. The highest BCUT2D eigenvalue weighted by Crippen LogP contribution is 2.18. The normalized spacial score (nSPS) is 15.0. The number of carbonyl (C=O) groups excluding carboxylic acids is 1. The van der Waals surface area contributed by atoms with Crippen LogP contribution in [0.25, 0.3) is 0 Å². The van der Waals surface area contributed by atoms with Crippen molar-refractivity contribution in [3.8, 4) is 0 Å². The van der Waals surface area contributed by atoms with E-state index in [9.17, 15) is 9.59 Å². The zero-order valence-electron chi connectivity index (χ0n) is 10.6. The van der Waals surface area contributed by atoms with Crippen LogP contribution in [0.3, 0.4) is 0 Å². The molecule has 0 unspecified atom stereocenters. The van der Waals surface area contributed by atoms with Crippen LogP contribution >= 0.6 is 0 Å². The van der Waals surface area contributed by atoms with Gasteiger partial charge in [0.1, 0.15) is 0 Å². The Morgan fingerprint density at radius 1 is 1.41 bits per heavy atom. The minimum absolute atomic E-state index is 0.0669. The van der Waals surface area contributed by atoms with E-state index in [1.807, 2.05) is 13.8 Å². The first-order valence-electron chi connectivity index (χ1n) is 6.25. The van der Waals surface area contributed by atoms with Crippen LogP contribution in [0.1, 0.15) is 39.5 Å². The fraction of sp³-hybridized carbons (Fsp3) is 0.833. The summed E-state index contributed by atoms with van der Waals surface area (Å²) in [6.07, 6.45) is 2.96. The number of aliphatic carboxylic acids is 1. The van der Waals surface area contributed by atoms with Crippen LogP contribution in [-0.4, -0.2) is 47.1 Å². The lowest BCUT2D eigenvalue weighted by Gasteiger charge is -2.26. The molecule has 0 saturated heterocycles. The molecule has 0 radical (unpaired) electrons. The van der Waals surface area contributed by atoms with Gasteiger partial charge in [0.2, 0.25) is 5.91 Å². The lowest BCUT2D eigenvalue weighted by molar-refractivity contribution is -0.138. The zero-order chi connectivity index (χ0) is 12.8. The molecular weight excluding hydrogens is 220 g/mol. The molecule has 0 aliphatic heterocycles. The molecule has 1 aliphatic carbocycles. The maximum absolute atomic E-state index is 11.9.